The first-order valence-electron chi connectivity index (χ1n) is 10.2. The molecule has 0 heterocycles. The van der Waals surface area contributed by atoms with E-state index in [4.69, 9.17) is 0 Å². The molecular weight excluding hydrogens is 332 g/mol. The SMILES string of the molecule is CC(C)(C)C1CCC(NS(=O)(=O)NC2CCC(C(C)(C)C)CC2)CC1. The molecule has 0 amide bonds. The fraction of sp³-hybridized carbons (Fsp3) is 1.00. The van der Waals surface area contributed by atoms with Crippen LogP contribution in [0.5, 0.6) is 0 Å². The van der Waals surface area contributed by atoms with E-state index >= 15 is 0 Å². The van der Waals surface area contributed by atoms with E-state index in [2.05, 4.69) is 51.0 Å². The number of hydrogen-bond donors (Lipinski definition) is 2. The van der Waals surface area contributed by atoms with Gasteiger partial charge in [0.1, 0.15) is 0 Å². The molecule has 0 unspecified atom stereocenters. The van der Waals surface area contributed by atoms with Gasteiger partial charge in [0, 0.05) is 12.1 Å². The van der Waals surface area contributed by atoms with Gasteiger partial charge in [-0.3, -0.25) is 0 Å². The van der Waals surface area contributed by atoms with Crippen LogP contribution in [0.2, 0.25) is 0 Å². The second-order valence-electron chi connectivity index (χ2n) is 10.6. The summed E-state index contributed by atoms with van der Waals surface area (Å²) in [5.74, 6) is 1.41. The quantitative estimate of drug-likeness (QED) is 0.756. The molecule has 25 heavy (non-hydrogen) atoms. The highest BCUT2D eigenvalue weighted by molar-refractivity contribution is 7.87. The topological polar surface area (TPSA) is 58.2 Å². The Hall–Kier alpha value is -0.130. The minimum Gasteiger partial charge on any atom is -0.199 e. The van der Waals surface area contributed by atoms with Crippen LogP contribution in [-0.2, 0) is 10.2 Å². The Labute approximate surface area is 156 Å². The van der Waals surface area contributed by atoms with E-state index in [1.807, 2.05) is 0 Å². The Morgan fingerprint density at radius 3 is 1.12 bits per heavy atom. The predicted molar refractivity (Wildman–Crippen MR) is 106 cm³/mol. The van der Waals surface area contributed by atoms with Gasteiger partial charge in [-0.05, 0) is 74.0 Å². The van der Waals surface area contributed by atoms with Crippen LogP contribution in [-0.4, -0.2) is 20.5 Å². The summed E-state index contributed by atoms with van der Waals surface area (Å²) in [6.07, 6.45) is 8.31. The molecule has 0 spiro atoms. The fourth-order valence-corrected chi connectivity index (χ4v) is 6.04. The summed E-state index contributed by atoms with van der Waals surface area (Å²) in [7, 11) is -3.39. The van der Waals surface area contributed by atoms with E-state index in [1.165, 1.54) is 0 Å². The van der Waals surface area contributed by atoms with Gasteiger partial charge in [0.25, 0.3) is 10.2 Å². The highest BCUT2D eigenvalue weighted by Crippen LogP contribution is 2.39. The van der Waals surface area contributed by atoms with Crippen molar-refractivity contribution in [1.82, 2.24) is 9.44 Å². The minimum absolute atomic E-state index is 0.0991. The standard InChI is InChI=1S/C20H40N2O2S/c1-19(2,3)15-7-11-17(12-8-15)21-25(23,24)22-18-13-9-16(10-14-18)20(4,5)6/h15-18,21-22H,7-14H2,1-6H3. The predicted octanol–water partition coefficient (Wildman–Crippen LogP) is 4.62. The third kappa shape index (κ3) is 6.51. The van der Waals surface area contributed by atoms with Crippen molar-refractivity contribution in [2.45, 2.75) is 105 Å². The Kier molecular flexibility index (Phi) is 6.65. The average molecular weight is 373 g/mol. The summed E-state index contributed by atoms with van der Waals surface area (Å²) >= 11 is 0. The summed E-state index contributed by atoms with van der Waals surface area (Å²) in [6.45, 7) is 13.7. The summed E-state index contributed by atoms with van der Waals surface area (Å²) in [4.78, 5) is 0. The largest absolute Gasteiger partial charge is 0.277 e. The molecule has 0 aromatic rings. The molecule has 2 aliphatic carbocycles. The van der Waals surface area contributed by atoms with Crippen molar-refractivity contribution in [3.05, 3.63) is 0 Å². The molecule has 4 nitrogen and oxygen atoms in total. The molecule has 0 atom stereocenters. The molecule has 148 valence electrons. The summed E-state index contributed by atoms with van der Waals surface area (Å²) in [6, 6.07) is 0.198. The number of nitrogens with one attached hydrogen (secondary N) is 2. The zero-order valence-corrected chi connectivity index (χ0v) is 18.0. The van der Waals surface area contributed by atoms with E-state index in [0.29, 0.717) is 22.7 Å². The van der Waals surface area contributed by atoms with Crippen molar-refractivity contribution in [2.24, 2.45) is 22.7 Å². The van der Waals surface area contributed by atoms with Gasteiger partial charge in [-0.15, -0.1) is 0 Å². The van der Waals surface area contributed by atoms with Gasteiger partial charge >= 0.3 is 0 Å². The Morgan fingerprint density at radius 1 is 0.600 bits per heavy atom. The third-order valence-electron chi connectivity index (χ3n) is 6.55. The zero-order chi connectivity index (χ0) is 18.9. The highest BCUT2D eigenvalue weighted by atomic mass is 32.2. The minimum atomic E-state index is -3.39. The molecule has 0 bridgehead atoms. The highest BCUT2D eigenvalue weighted by Gasteiger charge is 2.33. The molecule has 0 aliphatic heterocycles. The molecule has 2 N–H and O–H groups in total. The molecule has 2 saturated carbocycles. The van der Waals surface area contributed by atoms with E-state index in [1.54, 1.807) is 0 Å². The van der Waals surface area contributed by atoms with Crippen LogP contribution in [0, 0.1) is 22.7 Å². The fourth-order valence-electron chi connectivity index (χ4n) is 4.63. The van der Waals surface area contributed by atoms with Crippen molar-refractivity contribution in [3.8, 4) is 0 Å². The van der Waals surface area contributed by atoms with Crippen molar-refractivity contribution < 1.29 is 8.42 Å². The molecule has 0 aromatic carbocycles. The first-order valence-corrected chi connectivity index (χ1v) is 11.6. The smallest absolute Gasteiger partial charge is 0.199 e. The van der Waals surface area contributed by atoms with Crippen LogP contribution in [0.25, 0.3) is 0 Å². The molecule has 5 heteroatoms. The van der Waals surface area contributed by atoms with Crippen LogP contribution in [0.3, 0.4) is 0 Å². The third-order valence-corrected chi connectivity index (χ3v) is 7.83. The van der Waals surface area contributed by atoms with Gasteiger partial charge in [0.05, 0.1) is 0 Å². The first-order chi connectivity index (χ1) is 11.4. The average Bonchev–Trinajstić information content (AvgIpc) is 2.45. The normalized spacial score (nSPS) is 32.6. The summed E-state index contributed by atoms with van der Waals surface area (Å²) in [5.41, 5.74) is 0.654. The monoisotopic (exact) mass is 372 g/mol. The number of rotatable bonds is 4. The lowest BCUT2D eigenvalue weighted by atomic mass is 9.71. The first kappa shape index (κ1) is 21.2. The zero-order valence-electron chi connectivity index (χ0n) is 17.2. The van der Waals surface area contributed by atoms with Gasteiger partial charge in [0.2, 0.25) is 0 Å². The Balaban J connectivity index is 1.78. The lowest BCUT2D eigenvalue weighted by Gasteiger charge is -2.38. The van der Waals surface area contributed by atoms with E-state index in [-0.39, 0.29) is 12.1 Å². The summed E-state index contributed by atoms with van der Waals surface area (Å²) < 4.78 is 30.8. The molecule has 2 fully saturated rings. The Morgan fingerprint density at radius 2 is 0.880 bits per heavy atom. The van der Waals surface area contributed by atoms with Crippen LogP contribution >= 0.6 is 0 Å². The Bertz CT molecular complexity index is 473. The van der Waals surface area contributed by atoms with Crippen molar-refractivity contribution in [3.63, 3.8) is 0 Å². The van der Waals surface area contributed by atoms with E-state index in [0.717, 1.165) is 51.4 Å². The van der Waals surface area contributed by atoms with Gasteiger partial charge in [-0.2, -0.15) is 17.9 Å². The van der Waals surface area contributed by atoms with Crippen molar-refractivity contribution in [2.75, 3.05) is 0 Å². The molecule has 0 aromatic heterocycles. The second kappa shape index (κ2) is 7.85. The molecule has 0 radical (unpaired) electrons. The maximum atomic E-state index is 12.5. The molecule has 0 saturated heterocycles. The van der Waals surface area contributed by atoms with E-state index < -0.39 is 10.2 Å². The van der Waals surface area contributed by atoms with Gasteiger partial charge < -0.3 is 0 Å². The molecule has 2 rings (SSSR count). The van der Waals surface area contributed by atoms with Gasteiger partial charge in [-0.25, -0.2) is 0 Å². The summed E-state index contributed by atoms with van der Waals surface area (Å²) in [5, 5.41) is 0. The van der Waals surface area contributed by atoms with Crippen LogP contribution < -0.4 is 9.44 Å². The number of hydrogen-bond acceptors (Lipinski definition) is 2. The van der Waals surface area contributed by atoms with Crippen molar-refractivity contribution in [1.29, 1.82) is 0 Å². The van der Waals surface area contributed by atoms with Crippen molar-refractivity contribution >= 4 is 10.2 Å². The second-order valence-corrected chi connectivity index (χ2v) is 12.0. The maximum absolute atomic E-state index is 12.5. The molecule has 2 aliphatic rings. The lowest BCUT2D eigenvalue weighted by molar-refractivity contribution is 0.163. The van der Waals surface area contributed by atoms with Crippen LogP contribution in [0.1, 0.15) is 92.9 Å². The van der Waals surface area contributed by atoms with Gasteiger partial charge in [0.15, 0.2) is 0 Å². The van der Waals surface area contributed by atoms with Gasteiger partial charge in [-0.1, -0.05) is 41.5 Å². The maximum Gasteiger partial charge on any atom is 0.277 e. The lowest BCUT2D eigenvalue weighted by Crippen LogP contribution is -2.49. The van der Waals surface area contributed by atoms with Crippen LogP contribution in [0.15, 0.2) is 0 Å². The molecular formula is C20H40N2O2S. The van der Waals surface area contributed by atoms with E-state index in [9.17, 15) is 8.42 Å². The van der Waals surface area contributed by atoms with Crippen LogP contribution in [0.4, 0.5) is 0 Å².